The Bertz CT molecular complexity index is 872. The first kappa shape index (κ1) is 19.2. The van der Waals surface area contributed by atoms with Crippen molar-refractivity contribution in [3.8, 4) is 5.75 Å². The van der Waals surface area contributed by atoms with Crippen molar-refractivity contribution in [2.75, 3.05) is 25.1 Å². The fourth-order valence-corrected chi connectivity index (χ4v) is 3.02. The Hall–Kier alpha value is -2.58. The molecule has 27 heavy (non-hydrogen) atoms. The van der Waals surface area contributed by atoms with E-state index in [-0.39, 0.29) is 22.0 Å². The van der Waals surface area contributed by atoms with E-state index in [1.807, 2.05) is 4.90 Å². The summed E-state index contributed by atoms with van der Waals surface area (Å²) in [5.41, 5.74) is 4.81. The molecule has 0 atom stereocenters. The Balaban J connectivity index is 1.70. The molecule has 0 aliphatic carbocycles. The van der Waals surface area contributed by atoms with Crippen LogP contribution in [0.4, 0.5) is 5.95 Å². The van der Waals surface area contributed by atoms with Gasteiger partial charge in [0.05, 0.1) is 23.9 Å². The number of carbonyl (C=O) groups is 2. The van der Waals surface area contributed by atoms with Crippen LogP contribution in [0, 0.1) is 0 Å². The van der Waals surface area contributed by atoms with Crippen molar-refractivity contribution in [2.45, 2.75) is 12.8 Å². The second-order valence-electron chi connectivity index (χ2n) is 5.81. The van der Waals surface area contributed by atoms with Gasteiger partial charge in [0, 0.05) is 18.1 Å². The summed E-state index contributed by atoms with van der Waals surface area (Å²) in [5.74, 6) is -0.496. The topological polar surface area (TPSA) is 96.5 Å². The Labute approximate surface area is 165 Å². The van der Waals surface area contributed by atoms with E-state index in [0.717, 1.165) is 25.9 Å². The molecule has 1 aliphatic heterocycles. The SMILES string of the molecule is COc1cc(Cl)ccc1C(=O)NNC(=O)c1nc(N2CCCC2)ncc1Cl. The van der Waals surface area contributed by atoms with Gasteiger partial charge in [0.2, 0.25) is 5.95 Å². The summed E-state index contributed by atoms with van der Waals surface area (Å²) in [6, 6.07) is 4.54. The highest BCUT2D eigenvalue weighted by atomic mass is 35.5. The second kappa shape index (κ2) is 8.41. The van der Waals surface area contributed by atoms with Gasteiger partial charge < -0.3 is 9.64 Å². The monoisotopic (exact) mass is 409 g/mol. The minimum atomic E-state index is -0.649. The average Bonchev–Trinajstić information content (AvgIpc) is 3.20. The van der Waals surface area contributed by atoms with E-state index >= 15 is 0 Å². The Morgan fingerprint density at radius 2 is 1.85 bits per heavy atom. The molecule has 3 rings (SSSR count). The summed E-state index contributed by atoms with van der Waals surface area (Å²) in [6.07, 6.45) is 3.47. The molecule has 1 aromatic heterocycles. The van der Waals surface area contributed by atoms with Gasteiger partial charge in [-0.3, -0.25) is 20.4 Å². The van der Waals surface area contributed by atoms with E-state index in [1.165, 1.54) is 25.4 Å². The molecule has 1 aromatic carbocycles. The fraction of sp³-hybridized carbons (Fsp3) is 0.294. The average molecular weight is 410 g/mol. The van der Waals surface area contributed by atoms with Crippen LogP contribution >= 0.6 is 23.2 Å². The zero-order chi connectivity index (χ0) is 19.4. The summed E-state index contributed by atoms with van der Waals surface area (Å²) in [5, 5.41) is 0.517. The minimum Gasteiger partial charge on any atom is -0.496 e. The predicted octanol–water partition coefficient (Wildman–Crippen LogP) is 2.47. The molecule has 1 aliphatic rings. The van der Waals surface area contributed by atoms with Crippen LogP contribution in [-0.4, -0.2) is 42.0 Å². The van der Waals surface area contributed by atoms with Crippen molar-refractivity contribution in [3.05, 3.63) is 45.7 Å². The third-order valence-electron chi connectivity index (χ3n) is 4.03. The Morgan fingerprint density at radius 3 is 2.56 bits per heavy atom. The predicted molar refractivity (Wildman–Crippen MR) is 101 cm³/mol. The normalized spacial score (nSPS) is 13.4. The van der Waals surface area contributed by atoms with Crippen molar-refractivity contribution in [1.29, 1.82) is 0 Å². The van der Waals surface area contributed by atoms with Crippen LogP contribution in [0.15, 0.2) is 24.4 Å². The zero-order valence-electron chi connectivity index (χ0n) is 14.5. The van der Waals surface area contributed by atoms with Crippen LogP contribution in [0.3, 0.4) is 0 Å². The number of rotatable bonds is 4. The van der Waals surface area contributed by atoms with Crippen molar-refractivity contribution in [3.63, 3.8) is 0 Å². The lowest BCUT2D eigenvalue weighted by molar-refractivity contribution is 0.0842. The van der Waals surface area contributed by atoms with Gasteiger partial charge in [-0.1, -0.05) is 23.2 Å². The summed E-state index contributed by atoms with van der Waals surface area (Å²) in [6.45, 7) is 1.66. The van der Waals surface area contributed by atoms with Gasteiger partial charge in [-0.05, 0) is 31.0 Å². The first-order valence-electron chi connectivity index (χ1n) is 8.21. The van der Waals surface area contributed by atoms with Crippen molar-refractivity contribution in [1.82, 2.24) is 20.8 Å². The van der Waals surface area contributed by atoms with Crippen molar-refractivity contribution >= 4 is 41.0 Å². The maximum absolute atomic E-state index is 12.4. The van der Waals surface area contributed by atoms with Crippen LogP contribution in [0.25, 0.3) is 0 Å². The number of aromatic nitrogens is 2. The summed E-state index contributed by atoms with van der Waals surface area (Å²) in [7, 11) is 1.42. The van der Waals surface area contributed by atoms with E-state index < -0.39 is 11.8 Å². The lowest BCUT2D eigenvalue weighted by Gasteiger charge is -2.16. The smallest absolute Gasteiger partial charge is 0.290 e. The van der Waals surface area contributed by atoms with Crippen molar-refractivity contribution in [2.24, 2.45) is 0 Å². The number of hydrogen-bond acceptors (Lipinski definition) is 6. The van der Waals surface area contributed by atoms with Gasteiger partial charge >= 0.3 is 0 Å². The summed E-state index contributed by atoms with van der Waals surface area (Å²) in [4.78, 5) is 35.1. The number of hydrazine groups is 1. The number of nitrogens with zero attached hydrogens (tertiary/aromatic N) is 3. The fourth-order valence-electron chi connectivity index (χ4n) is 2.68. The highest BCUT2D eigenvalue weighted by Crippen LogP contribution is 2.23. The van der Waals surface area contributed by atoms with Gasteiger partial charge in [-0.25, -0.2) is 9.97 Å². The largest absolute Gasteiger partial charge is 0.496 e. The van der Waals surface area contributed by atoms with Crippen LogP contribution in [0.5, 0.6) is 5.75 Å². The molecule has 1 saturated heterocycles. The molecule has 2 amide bonds. The molecule has 8 nitrogen and oxygen atoms in total. The van der Waals surface area contributed by atoms with Gasteiger partial charge in [0.15, 0.2) is 5.69 Å². The minimum absolute atomic E-state index is 0.0167. The molecule has 142 valence electrons. The molecule has 1 fully saturated rings. The van der Waals surface area contributed by atoms with E-state index in [9.17, 15) is 9.59 Å². The Kier molecular flexibility index (Phi) is 5.98. The van der Waals surface area contributed by atoms with Crippen molar-refractivity contribution < 1.29 is 14.3 Å². The van der Waals surface area contributed by atoms with Crippen LogP contribution in [0.1, 0.15) is 33.7 Å². The molecule has 0 saturated carbocycles. The van der Waals surface area contributed by atoms with Gasteiger partial charge in [-0.2, -0.15) is 0 Å². The molecule has 2 aromatic rings. The molecule has 0 bridgehead atoms. The molecule has 10 heteroatoms. The standard InChI is InChI=1S/C17H17Cl2N5O3/c1-27-13-8-10(18)4-5-11(13)15(25)22-23-16(26)14-12(19)9-20-17(21-14)24-6-2-3-7-24/h4-5,8-9H,2-3,6-7H2,1H3,(H,22,25)(H,23,26). The van der Waals surface area contributed by atoms with Gasteiger partial charge in [0.1, 0.15) is 5.75 Å². The number of hydrogen-bond donors (Lipinski definition) is 2. The van der Waals surface area contributed by atoms with E-state index in [0.29, 0.717) is 11.0 Å². The van der Waals surface area contributed by atoms with Gasteiger partial charge in [-0.15, -0.1) is 0 Å². The molecule has 2 N–H and O–H groups in total. The number of methoxy groups -OCH3 is 1. The molecule has 2 heterocycles. The van der Waals surface area contributed by atoms with E-state index in [2.05, 4.69) is 20.8 Å². The highest BCUT2D eigenvalue weighted by molar-refractivity contribution is 6.33. The first-order chi connectivity index (χ1) is 13.0. The number of carbonyl (C=O) groups excluding carboxylic acids is 2. The Morgan fingerprint density at radius 1 is 1.15 bits per heavy atom. The molecule has 0 unspecified atom stereocenters. The number of benzene rings is 1. The maximum Gasteiger partial charge on any atom is 0.290 e. The van der Waals surface area contributed by atoms with Crippen LogP contribution in [-0.2, 0) is 0 Å². The molecular formula is C17H17Cl2N5O3. The maximum atomic E-state index is 12.4. The van der Waals surface area contributed by atoms with Crippen LogP contribution < -0.4 is 20.5 Å². The molecule has 0 spiro atoms. The van der Waals surface area contributed by atoms with E-state index in [4.69, 9.17) is 27.9 Å². The first-order valence-corrected chi connectivity index (χ1v) is 8.97. The van der Waals surface area contributed by atoms with E-state index in [1.54, 1.807) is 6.07 Å². The summed E-state index contributed by atoms with van der Waals surface area (Å²) < 4.78 is 5.13. The third kappa shape index (κ3) is 4.40. The number of ether oxygens (including phenoxy) is 1. The zero-order valence-corrected chi connectivity index (χ0v) is 16.0. The van der Waals surface area contributed by atoms with Crippen LogP contribution in [0.2, 0.25) is 10.0 Å². The quantitative estimate of drug-likeness (QED) is 0.752. The second-order valence-corrected chi connectivity index (χ2v) is 6.66. The number of halogens is 2. The third-order valence-corrected chi connectivity index (χ3v) is 4.54. The number of amides is 2. The number of nitrogens with one attached hydrogen (secondary N) is 2. The lowest BCUT2D eigenvalue weighted by Crippen LogP contribution is -2.42. The highest BCUT2D eigenvalue weighted by Gasteiger charge is 2.20. The van der Waals surface area contributed by atoms with Gasteiger partial charge in [0.25, 0.3) is 11.8 Å². The molecular weight excluding hydrogens is 393 g/mol. The summed E-state index contributed by atoms with van der Waals surface area (Å²) >= 11 is 11.9. The number of anilines is 1. The molecule has 0 radical (unpaired) electrons. The lowest BCUT2D eigenvalue weighted by atomic mass is 10.2.